The number of amides is 1. The molecule has 116 valence electrons. The predicted molar refractivity (Wildman–Crippen MR) is 74.5 cm³/mol. The van der Waals surface area contributed by atoms with Gasteiger partial charge in [-0.15, -0.1) is 0 Å². The molecule has 2 rings (SSSR count). The lowest BCUT2D eigenvalue weighted by Crippen LogP contribution is -2.51. The minimum absolute atomic E-state index is 0.0981. The summed E-state index contributed by atoms with van der Waals surface area (Å²) < 4.78 is 31.4. The van der Waals surface area contributed by atoms with E-state index in [0.29, 0.717) is 18.6 Å². The van der Waals surface area contributed by atoms with Crippen molar-refractivity contribution in [1.82, 2.24) is 9.79 Å². The molecule has 8 heteroatoms. The summed E-state index contributed by atoms with van der Waals surface area (Å²) in [5.41, 5.74) is 1.54. The standard InChI is InChI=1S/C13H18N2O5S/c1-20-10-5-7-11(8-6-10)21(18,19)15-9-3-2-4-12(15)13(16)14-17/h5-8,12,17H,2-4,9H2,1H3,(H,14,16). The largest absolute Gasteiger partial charge is 0.497 e. The van der Waals surface area contributed by atoms with Gasteiger partial charge in [0.15, 0.2) is 0 Å². The van der Waals surface area contributed by atoms with Crippen LogP contribution in [0.15, 0.2) is 29.2 Å². The molecule has 0 aromatic heterocycles. The highest BCUT2D eigenvalue weighted by molar-refractivity contribution is 7.89. The molecule has 1 saturated heterocycles. The first-order valence-electron chi connectivity index (χ1n) is 6.60. The quantitative estimate of drug-likeness (QED) is 0.631. The van der Waals surface area contributed by atoms with Crippen LogP contribution in [0, 0.1) is 0 Å². The van der Waals surface area contributed by atoms with E-state index in [4.69, 9.17) is 9.94 Å². The lowest BCUT2D eigenvalue weighted by molar-refractivity contribution is -0.134. The van der Waals surface area contributed by atoms with Crippen LogP contribution < -0.4 is 10.2 Å². The van der Waals surface area contributed by atoms with Gasteiger partial charge >= 0.3 is 0 Å². The Morgan fingerprint density at radius 2 is 2.00 bits per heavy atom. The maximum absolute atomic E-state index is 12.6. The number of nitrogens with zero attached hydrogens (tertiary/aromatic N) is 1. The van der Waals surface area contributed by atoms with Gasteiger partial charge in [-0.05, 0) is 37.1 Å². The molecule has 2 N–H and O–H groups in total. The number of hydroxylamine groups is 1. The van der Waals surface area contributed by atoms with E-state index in [-0.39, 0.29) is 11.4 Å². The molecule has 1 amide bonds. The summed E-state index contributed by atoms with van der Waals surface area (Å²) in [5.74, 6) is -0.149. The van der Waals surface area contributed by atoms with Gasteiger partial charge in [0.25, 0.3) is 5.91 Å². The predicted octanol–water partition coefficient (Wildman–Crippen LogP) is 0.744. The second-order valence-electron chi connectivity index (χ2n) is 4.78. The van der Waals surface area contributed by atoms with E-state index in [0.717, 1.165) is 10.7 Å². The van der Waals surface area contributed by atoms with Crippen molar-refractivity contribution in [3.8, 4) is 5.75 Å². The van der Waals surface area contributed by atoms with Gasteiger partial charge in [-0.1, -0.05) is 6.42 Å². The molecule has 1 aromatic carbocycles. The number of hydrogen-bond donors (Lipinski definition) is 2. The molecule has 0 aliphatic carbocycles. The fourth-order valence-corrected chi connectivity index (χ4v) is 4.07. The van der Waals surface area contributed by atoms with Crippen LogP contribution >= 0.6 is 0 Å². The summed E-state index contributed by atoms with van der Waals surface area (Å²) in [5, 5.41) is 8.77. The van der Waals surface area contributed by atoms with Gasteiger partial charge in [-0.25, -0.2) is 13.9 Å². The van der Waals surface area contributed by atoms with Gasteiger partial charge in [0.2, 0.25) is 10.0 Å². The highest BCUT2D eigenvalue weighted by Crippen LogP contribution is 2.26. The number of piperidine rings is 1. The van der Waals surface area contributed by atoms with E-state index in [1.54, 1.807) is 17.6 Å². The number of rotatable bonds is 4. The summed E-state index contributed by atoms with van der Waals surface area (Å²) in [6.07, 6.45) is 1.82. The first kappa shape index (κ1) is 15.7. The number of carbonyl (C=O) groups excluding carboxylic acids is 1. The number of ether oxygens (including phenoxy) is 1. The van der Waals surface area contributed by atoms with Crippen LogP contribution in [0.2, 0.25) is 0 Å². The van der Waals surface area contributed by atoms with Crippen LogP contribution in [0.5, 0.6) is 5.75 Å². The number of sulfonamides is 1. The Morgan fingerprint density at radius 3 is 2.57 bits per heavy atom. The monoisotopic (exact) mass is 314 g/mol. The molecule has 1 heterocycles. The molecule has 1 aromatic rings. The van der Waals surface area contributed by atoms with E-state index >= 15 is 0 Å². The van der Waals surface area contributed by atoms with Crippen molar-refractivity contribution >= 4 is 15.9 Å². The minimum Gasteiger partial charge on any atom is -0.497 e. The molecule has 21 heavy (non-hydrogen) atoms. The summed E-state index contributed by atoms with van der Waals surface area (Å²) >= 11 is 0. The second-order valence-corrected chi connectivity index (χ2v) is 6.67. The number of benzene rings is 1. The molecule has 0 bridgehead atoms. The fraction of sp³-hybridized carbons (Fsp3) is 0.462. The van der Waals surface area contributed by atoms with Gasteiger partial charge < -0.3 is 4.74 Å². The van der Waals surface area contributed by atoms with E-state index in [2.05, 4.69) is 0 Å². The zero-order valence-electron chi connectivity index (χ0n) is 11.7. The van der Waals surface area contributed by atoms with Crippen molar-refractivity contribution in [2.24, 2.45) is 0 Å². The van der Waals surface area contributed by atoms with Crippen molar-refractivity contribution < 1.29 is 23.2 Å². The van der Waals surface area contributed by atoms with Gasteiger partial charge in [-0.2, -0.15) is 4.31 Å². The Kier molecular flexibility index (Phi) is 4.81. The number of nitrogens with one attached hydrogen (secondary N) is 1. The first-order chi connectivity index (χ1) is 10.0. The lowest BCUT2D eigenvalue weighted by Gasteiger charge is -2.33. The van der Waals surface area contributed by atoms with Crippen molar-refractivity contribution in [1.29, 1.82) is 0 Å². The number of methoxy groups -OCH3 is 1. The maximum atomic E-state index is 12.6. The highest BCUT2D eigenvalue weighted by atomic mass is 32.2. The zero-order valence-corrected chi connectivity index (χ0v) is 12.5. The molecular formula is C13H18N2O5S. The molecule has 7 nitrogen and oxygen atoms in total. The Balaban J connectivity index is 2.33. The average molecular weight is 314 g/mol. The average Bonchev–Trinajstić information content (AvgIpc) is 2.54. The van der Waals surface area contributed by atoms with Gasteiger partial charge in [0.05, 0.1) is 12.0 Å². The maximum Gasteiger partial charge on any atom is 0.261 e. The summed E-state index contributed by atoms with van der Waals surface area (Å²) in [7, 11) is -2.29. The van der Waals surface area contributed by atoms with E-state index in [1.807, 2.05) is 0 Å². The van der Waals surface area contributed by atoms with Crippen LogP contribution in [0.25, 0.3) is 0 Å². The third kappa shape index (κ3) is 3.17. The van der Waals surface area contributed by atoms with Crippen molar-refractivity contribution in [2.75, 3.05) is 13.7 Å². The van der Waals surface area contributed by atoms with Crippen LogP contribution in [0.1, 0.15) is 19.3 Å². The molecule has 1 unspecified atom stereocenters. The van der Waals surface area contributed by atoms with Crippen LogP contribution in [0.3, 0.4) is 0 Å². The topological polar surface area (TPSA) is 95.9 Å². The summed E-state index contributed by atoms with van der Waals surface area (Å²) in [6.45, 7) is 0.256. The van der Waals surface area contributed by atoms with Crippen molar-refractivity contribution in [2.45, 2.75) is 30.2 Å². The Labute approximate surface area is 123 Å². The smallest absolute Gasteiger partial charge is 0.261 e. The zero-order chi connectivity index (χ0) is 15.5. The van der Waals surface area contributed by atoms with E-state index in [1.165, 1.54) is 19.2 Å². The molecule has 0 saturated carbocycles. The molecule has 1 fully saturated rings. The van der Waals surface area contributed by atoms with Gasteiger partial charge in [0.1, 0.15) is 11.8 Å². The fourth-order valence-electron chi connectivity index (χ4n) is 2.41. The Hall–Kier alpha value is -1.64. The molecule has 1 atom stereocenters. The minimum atomic E-state index is -3.79. The third-order valence-corrected chi connectivity index (χ3v) is 5.45. The molecule has 0 spiro atoms. The third-order valence-electron chi connectivity index (χ3n) is 3.53. The van der Waals surface area contributed by atoms with Crippen molar-refractivity contribution in [3.05, 3.63) is 24.3 Å². The lowest BCUT2D eigenvalue weighted by atomic mass is 10.0. The molecule has 1 aliphatic heterocycles. The normalized spacial score (nSPS) is 20.0. The Bertz CT molecular complexity index is 599. The highest BCUT2D eigenvalue weighted by Gasteiger charge is 2.37. The molecule has 1 aliphatic rings. The Morgan fingerprint density at radius 1 is 1.33 bits per heavy atom. The summed E-state index contributed by atoms with van der Waals surface area (Å²) in [6, 6.07) is 5.11. The summed E-state index contributed by atoms with van der Waals surface area (Å²) in [4.78, 5) is 11.8. The molecular weight excluding hydrogens is 296 g/mol. The van der Waals surface area contributed by atoms with E-state index in [9.17, 15) is 13.2 Å². The van der Waals surface area contributed by atoms with Crippen LogP contribution in [-0.2, 0) is 14.8 Å². The van der Waals surface area contributed by atoms with Gasteiger partial charge in [-0.3, -0.25) is 10.0 Å². The van der Waals surface area contributed by atoms with E-state index < -0.39 is 22.0 Å². The van der Waals surface area contributed by atoms with Crippen molar-refractivity contribution in [3.63, 3.8) is 0 Å². The second kappa shape index (κ2) is 6.42. The number of carbonyl (C=O) groups is 1. The van der Waals surface area contributed by atoms with Crippen LogP contribution in [0.4, 0.5) is 0 Å². The number of hydrogen-bond acceptors (Lipinski definition) is 5. The molecule has 0 radical (unpaired) electrons. The first-order valence-corrected chi connectivity index (χ1v) is 8.04. The SMILES string of the molecule is COc1ccc(S(=O)(=O)N2CCCCC2C(=O)NO)cc1. The van der Waals surface area contributed by atoms with Crippen LogP contribution in [-0.4, -0.2) is 43.5 Å². The van der Waals surface area contributed by atoms with Gasteiger partial charge in [0, 0.05) is 6.54 Å².